The molecule has 0 unspecified atom stereocenters. The van der Waals surface area contributed by atoms with Gasteiger partial charge < -0.3 is 19.2 Å². The van der Waals surface area contributed by atoms with Crippen LogP contribution in [0.15, 0.2) is 48.5 Å². The fraction of sp³-hybridized carbons (Fsp3) is 0.231. The Balaban J connectivity index is 1.63. The van der Waals surface area contributed by atoms with E-state index in [1.54, 1.807) is 69.3 Å². The number of carbonyl (C=O) groups is 4. The van der Waals surface area contributed by atoms with Gasteiger partial charge in [0, 0.05) is 12.6 Å². The molecule has 0 bridgehead atoms. The summed E-state index contributed by atoms with van der Waals surface area (Å²) in [5, 5.41) is 0. The van der Waals surface area contributed by atoms with Crippen molar-refractivity contribution >= 4 is 23.7 Å². The summed E-state index contributed by atoms with van der Waals surface area (Å²) < 4.78 is 15.2. The lowest BCUT2D eigenvalue weighted by Crippen LogP contribution is -2.15. The lowest BCUT2D eigenvalue weighted by atomic mass is 10.0. The lowest BCUT2D eigenvalue weighted by molar-refractivity contribution is -0.131. The maximum atomic E-state index is 12.6. The number of aromatic amines is 1. The number of ketones is 1. The van der Waals surface area contributed by atoms with E-state index in [1.165, 1.54) is 6.92 Å². The monoisotopic (exact) mass is 463 g/mol. The Hall–Kier alpha value is -4.20. The van der Waals surface area contributed by atoms with Crippen molar-refractivity contribution in [1.82, 2.24) is 4.98 Å². The van der Waals surface area contributed by atoms with Crippen molar-refractivity contribution in [3.63, 3.8) is 0 Å². The number of aromatic nitrogens is 1. The fourth-order valence-corrected chi connectivity index (χ4v) is 3.51. The van der Waals surface area contributed by atoms with Gasteiger partial charge in [-0.1, -0.05) is 24.3 Å². The molecule has 0 amide bonds. The summed E-state index contributed by atoms with van der Waals surface area (Å²) in [6, 6.07) is 13.7. The summed E-state index contributed by atoms with van der Waals surface area (Å²) in [5.74, 6) is -1.55. The molecule has 1 N–H and O–H groups in total. The standard InChI is InChI=1S/C26H25NO7/c1-5-32-26(31)23-15(2)24(27-16(23)3)22(29)14-33-25(30)20-8-6-18(7-9-20)19-10-12-21(13-11-19)34-17(4)28/h6-13,27H,5,14H2,1-4H3. The molecule has 3 rings (SSSR count). The molecule has 0 aliphatic carbocycles. The van der Waals surface area contributed by atoms with E-state index in [4.69, 9.17) is 14.2 Å². The molecule has 1 heterocycles. The summed E-state index contributed by atoms with van der Waals surface area (Å²) in [7, 11) is 0. The Bertz CT molecular complexity index is 1220. The van der Waals surface area contributed by atoms with Gasteiger partial charge in [-0.3, -0.25) is 9.59 Å². The Morgan fingerprint density at radius 2 is 1.41 bits per heavy atom. The first-order valence-electron chi connectivity index (χ1n) is 10.7. The molecule has 34 heavy (non-hydrogen) atoms. The summed E-state index contributed by atoms with van der Waals surface area (Å²) in [6.45, 7) is 6.11. The average molecular weight is 463 g/mol. The minimum absolute atomic E-state index is 0.209. The van der Waals surface area contributed by atoms with Crippen molar-refractivity contribution in [3.05, 3.63) is 76.6 Å². The number of hydrogen-bond donors (Lipinski definition) is 1. The summed E-state index contributed by atoms with van der Waals surface area (Å²) in [5.41, 5.74) is 3.52. The maximum Gasteiger partial charge on any atom is 0.340 e. The van der Waals surface area contributed by atoms with Crippen molar-refractivity contribution in [2.24, 2.45) is 0 Å². The van der Waals surface area contributed by atoms with Gasteiger partial charge in [0.2, 0.25) is 5.78 Å². The molecule has 0 spiro atoms. The number of esters is 3. The van der Waals surface area contributed by atoms with Gasteiger partial charge in [0.25, 0.3) is 0 Å². The summed E-state index contributed by atoms with van der Waals surface area (Å²) in [6.07, 6.45) is 0. The molecule has 0 aliphatic rings. The van der Waals surface area contributed by atoms with Gasteiger partial charge >= 0.3 is 17.9 Å². The van der Waals surface area contributed by atoms with Crippen molar-refractivity contribution in [3.8, 4) is 16.9 Å². The van der Waals surface area contributed by atoms with Crippen LogP contribution in [0.5, 0.6) is 5.75 Å². The number of nitrogens with one attached hydrogen (secondary N) is 1. The first kappa shape index (κ1) is 24.4. The highest BCUT2D eigenvalue weighted by Crippen LogP contribution is 2.23. The molecule has 2 aromatic carbocycles. The van der Waals surface area contributed by atoms with Gasteiger partial charge in [-0.2, -0.15) is 0 Å². The molecular formula is C26H25NO7. The quantitative estimate of drug-likeness (QED) is 0.299. The first-order valence-corrected chi connectivity index (χ1v) is 10.7. The third-order valence-electron chi connectivity index (χ3n) is 5.10. The predicted molar refractivity (Wildman–Crippen MR) is 124 cm³/mol. The number of ether oxygens (including phenoxy) is 3. The zero-order valence-electron chi connectivity index (χ0n) is 19.4. The van der Waals surface area contributed by atoms with Crippen molar-refractivity contribution in [2.75, 3.05) is 13.2 Å². The van der Waals surface area contributed by atoms with E-state index in [9.17, 15) is 19.2 Å². The van der Waals surface area contributed by atoms with Gasteiger partial charge in [-0.05, 0) is 61.7 Å². The first-order chi connectivity index (χ1) is 16.2. The molecule has 0 saturated heterocycles. The third-order valence-corrected chi connectivity index (χ3v) is 5.10. The fourth-order valence-electron chi connectivity index (χ4n) is 3.51. The second kappa shape index (κ2) is 10.6. The Kier molecular flexibility index (Phi) is 7.63. The van der Waals surface area contributed by atoms with Gasteiger partial charge in [0.15, 0.2) is 6.61 Å². The van der Waals surface area contributed by atoms with Crippen LogP contribution in [0.1, 0.15) is 56.3 Å². The molecule has 0 radical (unpaired) electrons. The number of aryl methyl sites for hydroxylation is 1. The second-order valence-corrected chi connectivity index (χ2v) is 7.54. The van der Waals surface area contributed by atoms with Crippen LogP contribution in [0.25, 0.3) is 11.1 Å². The van der Waals surface area contributed by atoms with Gasteiger partial charge in [-0.25, -0.2) is 9.59 Å². The summed E-state index contributed by atoms with van der Waals surface area (Å²) >= 11 is 0. The van der Waals surface area contributed by atoms with Crippen LogP contribution in [-0.4, -0.2) is 41.9 Å². The normalized spacial score (nSPS) is 10.5. The molecule has 0 aliphatic heterocycles. The molecule has 0 atom stereocenters. The van der Waals surface area contributed by atoms with Gasteiger partial charge in [0.05, 0.1) is 23.4 Å². The SMILES string of the molecule is CCOC(=O)c1c(C)[nH]c(C(=O)COC(=O)c2ccc(-c3ccc(OC(C)=O)cc3)cc2)c1C. The van der Waals surface area contributed by atoms with E-state index in [2.05, 4.69) is 4.98 Å². The van der Waals surface area contributed by atoms with Crippen molar-refractivity contribution in [1.29, 1.82) is 0 Å². The number of Topliss-reactive ketones (excluding diaryl/α,β-unsaturated/α-hetero) is 1. The highest BCUT2D eigenvalue weighted by Gasteiger charge is 2.23. The van der Waals surface area contributed by atoms with Crippen LogP contribution < -0.4 is 4.74 Å². The average Bonchev–Trinajstić information content (AvgIpc) is 3.11. The van der Waals surface area contributed by atoms with Gasteiger partial charge in [-0.15, -0.1) is 0 Å². The third kappa shape index (κ3) is 5.58. The number of carbonyl (C=O) groups excluding carboxylic acids is 4. The van der Waals surface area contributed by atoms with Crippen molar-refractivity contribution in [2.45, 2.75) is 27.7 Å². The van der Waals surface area contributed by atoms with E-state index >= 15 is 0 Å². The smallest absolute Gasteiger partial charge is 0.340 e. The summed E-state index contributed by atoms with van der Waals surface area (Å²) in [4.78, 5) is 51.0. The molecule has 0 fully saturated rings. The molecule has 3 aromatic rings. The molecule has 8 nitrogen and oxygen atoms in total. The van der Waals surface area contributed by atoms with E-state index in [-0.39, 0.29) is 12.3 Å². The number of H-pyrrole nitrogens is 1. The Morgan fingerprint density at radius 3 is 1.97 bits per heavy atom. The van der Waals surface area contributed by atoms with Crippen LogP contribution in [0, 0.1) is 13.8 Å². The number of rotatable bonds is 8. The van der Waals surface area contributed by atoms with E-state index in [0.717, 1.165) is 11.1 Å². The molecule has 176 valence electrons. The minimum Gasteiger partial charge on any atom is -0.462 e. The van der Waals surface area contributed by atoms with Crippen LogP contribution in [0.4, 0.5) is 0 Å². The van der Waals surface area contributed by atoms with E-state index in [0.29, 0.717) is 28.1 Å². The van der Waals surface area contributed by atoms with Crippen LogP contribution in [0.3, 0.4) is 0 Å². The number of hydrogen-bond acceptors (Lipinski definition) is 7. The zero-order chi connectivity index (χ0) is 24.8. The van der Waals surface area contributed by atoms with Crippen LogP contribution in [-0.2, 0) is 14.3 Å². The Morgan fingerprint density at radius 1 is 0.824 bits per heavy atom. The second-order valence-electron chi connectivity index (χ2n) is 7.54. The lowest BCUT2D eigenvalue weighted by Gasteiger charge is -2.07. The highest BCUT2D eigenvalue weighted by molar-refractivity contribution is 6.03. The largest absolute Gasteiger partial charge is 0.462 e. The van der Waals surface area contributed by atoms with Gasteiger partial charge in [0.1, 0.15) is 5.75 Å². The van der Waals surface area contributed by atoms with E-state index < -0.39 is 30.3 Å². The number of benzene rings is 2. The topological polar surface area (TPSA) is 112 Å². The molecule has 8 heteroatoms. The van der Waals surface area contributed by atoms with Crippen LogP contribution >= 0.6 is 0 Å². The zero-order valence-corrected chi connectivity index (χ0v) is 19.4. The Labute approximate surface area is 196 Å². The van der Waals surface area contributed by atoms with Crippen LogP contribution in [0.2, 0.25) is 0 Å². The molecule has 1 aromatic heterocycles. The predicted octanol–water partition coefficient (Wildman–Crippen LogP) is 4.44. The highest BCUT2D eigenvalue weighted by atomic mass is 16.5. The maximum absolute atomic E-state index is 12.6. The molecular weight excluding hydrogens is 438 g/mol. The minimum atomic E-state index is -0.642. The van der Waals surface area contributed by atoms with Crippen molar-refractivity contribution < 1.29 is 33.4 Å². The van der Waals surface area contributed by atoms with E-state index in [1.807, 2.05) is 0 Å². The molecule has 0 saturated carbocycles.